The number of aromatic nitrogens is 3. The maximum atomic E-state index is 12.9. The van der Waals surface area contributed by atoms with Crippen molar-refractivity contribution in [1.82, 2.24) is 14.5 Å². The van der Waals surface area contributed by atoms with E-state index in [9.17, 15) is 18.0 Å². The van der Waals surface area contributed by atoms with E-state index in [2.05, 4.69) is 9.97 Å². The van der Waals surface area contributed by atoms with Crippen LogP contribution in [0, 0.1) is 0 Å². The Kier molecular flexibility index (Phi) is 5.45. The Morgan fingerprint density at radius 3 is 2.69 bits per heavy atom. The third kappa shape index (κ3) is 4.37. The molecule has 0 fully saturated rings. The highest BCUT2D eigenvalue weighted by Crippen LogP contribution is 2.33. The van der Waals surface area contributed by atoms with E-state index in [-0.39, 0.29) is 5.69 Å². The standard InChI is InChI=1S/C21H18F3N3OS/c22-21(23,24)16-6-1-4-14(10-16)13-29-19-17-7-2-8-18(17)27(20(28)26-19)12-15-5-3-9-25-11-15/h1,3-6,9-11H,2,7-8,12-13H2. The van der Waals surface area contributed by atoms with Gasteiger partial charge in [0.25, 0.3) is 0 Å². The topological polar surface area (TPSA) is 47.8 Å². The van der Waals surface area contributed by atoms with Crippen LogP contribution in [0.5, 0.6) is 0 Å². The lowest BCUT2D eigenvalue weighted by atomic mass is 10.1. The van der Waals surface area contributed by atoms with Crippen LogP contribution in [0.25, 0.3) is 0 Å². The summed E-state index contributed by atoms with van der Waals surface area (Å²) >= 11 is 1.32. The number of alkyl halides is 3. The number of thioether (sulfide) groups is 1. The van der Waals surface area contributed by atoms with Crippen molar-refractivity contribution in [3.63, 3.8) is 0 Å². The van der Waals surface area contributed by atoms with Crippen LogP contribution in [0.3, 0.4) is 0 Å². The zero-order valence-electron chi connectivity index (χ0n) is 15.4. The summed E-state index contributed by atoms with van der Waals surface area (Å²) in [6.07, 6.45) is 1.59. The first kappa shape index (κ1) is 19.7. The van der Waals surface area contributed by atoms with E-state index in [0.717, 1.165) is 48.2 Å². The molecular weight excluding hydrogens is 399 g/mol. The molecule has 4 nitrogen and oxygen atoms in total. The molecule has 2 heterocycles. The highest BCUT2D eigenvalue weighted by atomic mass is 32.2. The number of rotatable bonds is 5. The Bertz CT molecular complexity index is 1080. The Balaban J connectivity index is 1.59. The second-order valence-corrected chi connectivity index (χ2v) is 7.88. The maximum Gasteiger partial charge on any atom is 0.416 e. The molecule has 0 radical (unpaired) electrons. The molecule has 2 aromatic heterocycles. The molecule has 8 heteroatoms. The lowest BCUT2D eigenvalue weighted by Gasteiger charge is -2.14. The van der Waals surface area contributed by atoms with Crippen LogP contribution in [0.2, 0.25) is 0 Å². The predicted molar refractivity (Wildman–Crippen MR) is 105 cm³/mol. The molecule has 1 aromatic carbocycles. The third-order valence-electron chi connectivity index (χ3n) is 4.89. The van der Waals surface area contributed by atoms with Crippen LogP contribution in [0.15, 0.2) is 58.6 Å². The van der Waals surface area contributed by atoms with E-state index in [0.29, 0.717) is 22.9 Å². The van der Waals surface area contributed by atoms with Crippen molar-refractivity contribution in [2.24, 2.45) is 0 Å². The molecule has 0 saturated heterocycles. The quantitative estimate of drug-likeness (QED) is 0.454. The van der Waals surface area contributed by atoms with Crippen LogP contribution in [0.4, 0.5) is 13.2 Å². The minimum Gasteiger partial charge on any atom is -0.291 e. The molecule has 0 aliphatic heterocycles. The van der Waals surface area contributed by atoms with Crippen LogP contribution in [-0.4, -0.2) is 14.5 Å². The molecule has 0 atom stereocenters. The van der Waals surface area contributed by atoms with Gasteiger partial charge in [-0.05, 0) is 42.5 Å². The van der Waals surface area contributed by atoms with Gasteiger partial charge in [-0.2, -0.15) is 18.2 Å². The molecule has 0 amide bonds. The fourth-order valence-electron chi connectivity index (χ4n) is 3.53. The van der Waals surface area contributed by atoms with Gasteiger partial charge in [-0.1, -0.05) is 24.3 Å². The smallest absolute Gasteiger partial charge is 0.291 e. The third-order valence-corrected chi connectivity index (χ3v) is 5.98. The lowest BCUT2D eigenvalue weighted by Crippen LogP contribution is -2.27. The van der Waals surface area contributed by atoms with Crippen LogP contribution in [-0.2, 0) is 31.3 Å². The van der Waals surface area contributed by atoms with Gasteiger partial charge in [0, 0.05) is 29.4 Å². The van der Waals surface area contributed by atoms with E-state index in [4.69, 9.17) is 0 Å². The molecule has 150 valence electrons. The van der Waals surface area contributed by atoms with Gasteiger partial charge in [0.1, 0.15) is 5.03 Å². The Hall–Kier alpha value is -2.61. The molecule has 0 saturated carbocycles. The van der Waals surface area contributed by atoms with Gasteiger partial charge in [-0.3, -0.25) is 9.55 Å². The largest absolute Gasteiger partial charge is 0.416 e. The summed E-state index contributed by atoms with van der Waals surface area (Å²) in [5, 5.41) is 0.627. The van der Waals surface area contributed by atoms with E-state index in [1.54, 1.807) is 23.0 Å². The fourth-order valence-corrected chi connectivity index (χ4v) is 4.55. The number of benzene rings is 1. The molecule has 0 spiro atoms. The van der Waals surface area contributed by atoms with Crippen molar-refractivity contribution in [2.45, 2.75) is 42.8 Å². The van der Waals surface area contributed by atoms with Crippen LogP contribution >= 0.6 is 11.8 Å². The molecule has 0 unspecified atom stereocenters. The van der Waals surface area contributed by atoms with E-state index < -0.39 is 11.7 Å². The van der Waals surface area contributed by atoms with E-state index in [1.165, 1.54) is 17.8 Å². The highest BCUT2D eigenvalue weighted by molar-refractivity contribution is 7.98. The molecule has 1 aliphatic carbocycles. The van der Waals surface area contributed by atoms with Gasteiger partial charge in [0.15, 0.2) is 0 Å². The summed E-state index contributed by atoms with van der Waals surface area (Å²) in [5.41, 5.74) is 2.49. The number of hydrogen-bond donors (Lipinski definition) is 0. The summed E-state index contributed by atoms with van der Waals surface area (Å²) in [4.78, 5) is 21.0. The second-order valence-electron chi connectivity index (χ2n) is 6.91. The Morgan fingerprint density at radius 2 is 1.93 bits per heavy atom. The van der Waals surface area contributed by atoms with Gasteiger partial charge >= 0.3 is 11.9 Å². The highest BCUT2D eigenvalue weighted by Gasteiger charge is 2.30. The first-order valence-corrected chi connectivity index (χ1v) is 10.2. The van der Waals surface area contributed by atoms with Gasteiger partial charge in [-0.15, -0.1) is 11.8 Å². The van der Waals surface area contributed by atoms with E-state index in [1.807, 2.05) is 12.1 Å². The SMILES string of the molecule is O=c1nc(SCc2cccc(C(F)(F)F)c2)c2c(n1Cc1cccnc1)CCC2. The van der Waals surface area contributed by atoms with Crippen LogP contribution < -0.4 is 5.69 Å². The minimum absolute atomic E-state index is 0.329. The fraction of sp³-hybridized carbons (Fsp3) is 0.286. The molecule has 0 N–H and O–H groups in total. The number of hydrogen-bond acceptors (Lipinski definition) is 4. The van der Waals surface area contributed by atoms with Crippen molar-refractivity contribution in [1.29, 1.82) is 0 Å². The van der Waals surface area contributed by atoms with Gasteiger partial charge in [0.05, 0.1) is 12.1 Å². The monoisotopic (exact) mass is 417 g/mol. The molecule has 4 rings (SSSR count). The molecular formula is C21H18F3N3OS. The second kappa shape index (κ2) is 8.02. The molecule has 29 heavy (non-hydrogen) atoms. The summed E-state index contributed by atoms with van der Waals surface area (Å²) < 4.78 is 40.4. The Labute approximate surface area is 169 Å². The van der Waals surface area contributed by atoms with Crippen molar-refractivity contribution in [3.8, 4) is 0 Å². The normalized spacial score (nSPS) is 13.5. The van der Waals surface area contributed by atoms with Crippen molar-refractivity contribution >= 4 is 11.8 Å². The number of halogens is 3. The summed E-state index contributed by atoms with van der Waals surface area (Å²) in [6, 6.07) is 9.01. The zero-order chi connectivity index (χ0) is 20.4. The van der Waals surface area contributed by atoms with Crippen molar-refractivity contribution < 1.29 is 13.2 Å². The van der Waals surface area contributed by atoms with Crippen LogP contribution in [0.1, 0.15) is 34.4 Å². The lowest BCUT2D eigenvalue weighted by molar-refractivity contribution is -0.137. The van der Waals surface area contributed by atoms with Gasteiger partial charge in [0.2, 0.25) is 0 Å². The number of fused-ring (bicyclic) bond motifs is 1. The Morgan fingerprint density at radius 1 is 1.10 bits per heavy atom. The molecule has 3 aromatic rings. The summed E-state index contributed by atoms with van der Waals surface area (Å²) in [5.74, 6) is 0.329. The average Bonchev–Trinajstić information content (AvgIpc) is 3.19. The maximum absolute atomic E-state index is 12.9. The average molecular weight is 417 g/mol. The predicted octanol–water partition coefficient (Wildman–Crippen LogP) is 4.49. The number of nitrogens with zero attached hydrogens (tertiary/aromatic N) is 3. The first-order chi connectivity index (χ1) is 13.9. The molecule has 1 aliphatic rings. The van der Waals surface area contributed by atoms with Gasteiger partial charge < -0.3 is 0 Å². The number of pyridine rings is 1. The van der Waals surface area contributed by atoms with Gasteiger partial charge in [-0.25, -0.2) is 4.79 Å². The van der Waals surface area contributed by atoms with Crippen molar-refractivity contribution in [3.05, 3.63) is 87.2 Å². The molecule has 0 bridgehead atoms. The summed E-state index contributed by atoms with van der Waals surface area (Å²) in [7, 11) is 0. The minimum atomic E-state index is -4.37. The summed E-state index contributed by atoms with van der Waals surface area (Å²) in [6.45, 7) is 0.417. The van der Waals surface area contributed by atoms with Crippen molar-refractivity contribution in [2.75, 3.05) is 0 Å². The zero-order valence-corrected chi connectivity index (χ0v) is 16.3. The first-order valence-electron chi connectivity index (χ1n) is 9.22. The van der Waals surface area contributed by atoms with E-state index >= 15 is 0 Å².